The average Bonchev–Trinajstić information content (AvgIpc) is 3.13. The summed E-state index contributed by atoms with van der Waals surface area (Å²) in [4.78, 5) is 13.8. The standard InChI is InChI=1S/C17H24N2O5S/c20-8-6-17(21)19-7-5-13-3-4-16(10-14(13)12-19)25(22,23)18-11-15-2-1-9-24-15/h3-4,10,15,18,20H,1-2,5-9,11-12H2/t15-/m0/s1. The summed E-state index contributed by atoms with van der Waals surface area (Å²) in [5, 5.41) is 8.92. The molecule has 1 fully saturated rings. The molecule has 2 heterocycles. The third-order valence-corrected chi connectivity index (χ3v) is 6.12. The van der Waals surface area contributed by atoms with E-state index in [0.717, 1.165) is 24.0 Å². The molecule has 0 spiro atoms. The number of hydrogen-bond donors (Lipinski definition) is 2. The van der Waals surface area contributed by atoms with Crippen molar-refractivity contribution in [2.75, 3.05) is 26.3 Å². The number of benzene rings is 1. The van der Waals surface area contributed by atoms with Crippen LogP contribution in [0.3, 0.4) is 0 Å². The number of sulfonamides is 1. The predicted octanol–water partition coefficient (Wildman–Crippen LogP) is 0.411. The zero-order chi connectivity index (χ0) is 17.9. The highest BCUT2D eigenvalue weighted by Gasteiger charge is 2.24. The van der Waals surface area contributed by atoms with E-state index in [0.29, 0.717) is 26.1 Å². The summed E-state index contributed by atoms with van der Waals surface area (Å²) in [6, 6.07) is 5.08. The van der Waals surface area contributed by atoms with Gasteiger partial charge in [-0.25, -0.2) is 13.1 Å². The fraction of sp³-hybridized carbons (Fsp3) is 0.588. The molecule has 7 nitrogen and oxygen atoms in total. The van der Waals surface area contributed by atoms with E-state index in [2.05, 4.69) is 4.72 Å². The van der Waals surface area contributed by atoms with Crippen LogP contribution in [-0.4, -0.2) is 56.7 Å². The highest BCUT2D eigenvalue weighted by Crippen LogP contribution is 2.23. The maximum atomic E-state index is 12.5. The summed E-state index contributed by atoms with van der Waals surface area (Å²) < 4.78 is 33.1. The summed E-state index contributed by atoms with van der Waals surface area (Å²) in [5.41, 5.74) is 1.91. The van der Waals surface area contributed by atoms with Gasteiger partial charge < -0.3 is 14.7 Å². The Morgan fingerprint density at radius 3 is 2.92 bits per heavy atom. The van der Waals surface area contributed by atoms with Crippen molar-refractivity contribution in [3.63, 3.8) is 0 Å². The molecule has 1 aromatic carbocycles. The molecule has 25 heavy (non-hydrogen) atoms. The lowest BCUT2D eigenvalue weighted by molar-refractivity contribution is -0.132. The normalized spacial score (nSPS) is 20.5. The molecule has 0 aromatic heterocycles. The minimum absolute atomic E-state index is 0.0565. The van der Waals surface area contributed by atoms with Crippen LogP contribution in [0.1, 0.15) is 30.4 Å². The van der Waals surface area contributed by atoms with Crippen molar-refractivity contribution in [3.05, 3.63) is 29.3 Å². The molecule has 3 rings (SSSR count). The second-order valence-corrected chi connectivity index (χ2v) is 8.22. The van der Waals surface area contributed by atoms with E-state index in [4.69, 9.17) is 9.84 Å². The lowest BCUT2D eigenvalue weighted by Gasteiger charge is -2.29. The molecule has 1 saturated heterocycles. The molecule has 1 atom stereocenters. The van der Waals surface area contributed by atoms with Gasteiger partial charge in [0.25, 0.3) is 0 Å². The number of aliphatic hydroxyl groups excluding tert-OH is 1. The second kappa shape index (κ2) is 7.82. The van der Waals surface area contributed by atoms with Crippen molar-refractivity contribution < 1.29 is 23.1 Å². The molecule has 1 amide bonds. The maximum Gasteiger partial charge on any atom is 0.240 e. The number of hydrogen-bond acceptors (Lipinski definition) is 5. The number of nitrogens with one attached hydrogen (secondary N) is 1. The second-order valence-electron chi connectivity index (χ2n) is 6.46. The Balaban J connectivity index is 1.71. The molecule has 0 bridgehead atoms. The van der Waals surface area contributed by atoms with Crippen LogP contribution < -0.4 is 4.72 Å². The van der Waals surface area contributed by atoms with Crippen LogP contribution in [0.25, 0.3) is 0 Å². The zero-order valence-corrected chi connectivity index (χ0v) is 14.9. The minimum atomic E-state index is -3.60. The van der Waals surface area contributed by atoms with Crippen molar-refractivity contribution in [2.45, 2.75) is 43.2 Å². The number of amides is 1. The topological polar surface area (TPSA) is 95.9 Å². The van der Waals surface area contributed by atoms with Crippen LogP contribution in [-0.2, 0) is 32.5 Å². The number of ether oxygens (including phenoxy) is 1. The molecule has 8 heteroatoms. The van der Waals surface area contributed by atoms with E-state index in [9.17, 15) is 13.2 Å². The Morgan fingerprint density at radius 2 is 2.20 bits per heavy atom. The Labute approximate surface area is 148 Å². The van der Waals surface area contributed by atoms with Gasteiger partial charge in [-0.15, -0.1) is 0 Å². The number of carbonyl (C=O) groups is 1. The first-order chi connectivity index (χ1) is 12.0. The fourth-order valence-electron chi connectivity index (χ4n) is 3.26. The molecule has 2 aliphatic heterocycles. The third kappa shape index (κ3) is 4.38. The SMILES string of the molecule is O=C(CCO)N1CCc2ccc(S(=O)(=O)NC[C@@H]3CCCO3)cc2C1. The van der Waals surface area contributed by atoms with E-state index in [1.165, 1.54) is 0 Å². The van der Waals surface area contributed by atoms with E-state index >= 15 is 0 Å². The summed E-state index contributed by atoms with van der Waals surface area (Å²) in [6.07, 6.45) is 2.56. The molecular formula is C17H24N2O5S. The average molecular weight is 368 g/mol. The van der Waals surface area contributed by atoms with Crippen LogP contribution in [0.2, 0.25) is 0 Å². The van der Waals surface area contributed by atoms with Crippen molar-refractivity contribution in [1.29, 1.82) is 0 Å². The third-order valence-electron chi connectivity index (χ3n) is 4.70. The van der Waals surface area contributed by atoms with Gasteiger partial charge in [0.1, 0.15) is 0 Å². The number of carbonyl (C=O) groups excluding carboxylic acids is 1. The zero-order valence-electron chi connectivity index (χ0n) is 14.1. The van der Waals surface area contributed by atoms with Gasteiger partial charge in [0.05, 0.1) is 17.6 Å². The molecule has 0 saturated carbocycles. The van der Waals surface area contributed by atoms with Crippen molar-refractivity contribution >= 4 is 15.9 Å². The maximum absolute atomic E-state index is 12.5. The number of nitrogens with zero attached hydrogens (tertiary/aromatic N) is 1. The molecule has 0 unspecified atom stereocenters. The van der Waals surface area contributed by atoms with Crippen LogP contribution in [0.5, 0.6) is 0 Å². The molecule has 0 aliphatic carbocycles. The van der Waals surface area contributed by atoms with Crippen LogP contribution >= 0.6 is 0 Å². The quantitative estimate of drug-likeness (QED) is 0.758. The smallest absolute Gasteiger partial charge is 0.240 e. The Bertz CT molecular complexity index is 729. The van der Waals surface area contributed by atoms with Gasteiger partial charge in [-0.3, -0.25) is 4.79 Å². The van der Waals surface area contributed by atoms with Crippen LogP contribution in [0.15, 0.2) is 23.1 Å². The lowest BCUT2D eigenvalue weighted by Crippen LogP contribution is -2.36. The van der Waals surface area contributed by atoms with Crippen molar-refractivity contribution in [1.82, 2.24) is 9.62 Å². The van der Waals surface area contributed by atoms with Gasteiger partial charge >= 0.3 is 0 Å². The first-order valence-electron chi connectivity index (χ1n) is 8.61. The summed E-state index contributed by atoms with van der Waals surface area (Å²) in [6.45, 7) is 1.76. The molecule has 138 valence electrons. The Hall–Kier alpha value is -1.48. The number of fused-ring (bicyclic) bond motifs is 1. The van der Waals surface area contributed by atoms with Crippen molar-refractivity contribution in [3.8, 4) is 0 Å². The monoisotopic (exact) mass is 368 g/mol. The van der Waals surface area contributed by atoms with Crippen LogP contribution in [0.4, 0.5) is 0 Å². The molecule has 1 aromatic rings. The first-order valence-corrected chi connectivity index (χ1v) is 10.1. The summed E-state index contributed by atoms with van der Waals surface area (Å²) in [7, 11) is -3.60. The molecule has 2 aliphatic rings. The molecule has 2 N–H and O–H groups in total. The number of aliphatic hydroxyl groups is 1. The van der Waals surface area contributed by atoms with Crippen molar-refractivity contribution in [2.24, 2.45) is 0 Å². The van der Waals surface area contributed by atoms with Gasteiger partial charge in [0.15, 0.2) is 0 Å². The first kappa shape index (κ1) is 18.3. The van der Waals surface area contributed by atoms with E-state index in [1.807, 2.05) is 6.07 Å². The van der Waals surface area contributed by atoms with Gasteiger partial charge in [-0.1, -0.05) is 6.07 Å². The van der Waals surface area contributed by atoms with Gasteiger partial charge in [0.2, 0.25) is 15.9 Å². The minimum Gasteiger partial charge on any atom is -0.396 e. The van der Waals surface area contributed by atoms with Gasteiger partial charge in [-0.05, 0) is 42.5 Å². The molecular weight excluding hydrogens is 344 g/mol. The fourth-order valence-corrected chi connectivity index (χ4v) is 4.38. The highest BCUT2D eigenvalue weighted by molar-refractivity contribution is 7.89. The lowest BCUT2D eigenvalue weighted by atomic mass is 10.00. The van der Waals surface area contributed by atoms with Gasteiger partial charge in [0, 0.05) is 32.7 Å². The predicted molar refractivity (Wildman–Crippen MR) is 91.4 cm³/mol. The van der Waals surface area contributed by atoms with E-state index in [1.54, 1.807) is 17.0 Å². The van der Waals surface area contributed by atoms with Gasteiger partial charge in [-0.2, -0.15) is 0 Å². The number of rotatable bonds is 6. The summed E-state index contributed by atoms with van der Waals surface area (Å²) >= 11 is 0. The Morgan fingerprint density at radius 1 is 1.36 bits per heavy atom. The highest BCUT2D eigenvalue weighted by atomic mass is 32.2. The van der Waals surface area contributed by atoms with E-state index in [-0.39, 0.29) is 36.5 Å². The van der Waals surface area contributed by atoms with E-state index < -0.39 is 10.0 Å². The summed E-state index contributed by atoms with van der Waals surface area (Å²) in [5.74, 6) is -0.113. The largest absolute Gasteiger partial charge is 0.396 e. The Kier molecular flexibility index (Phi) is 5.73. The molecule has 0 radical (unpaired) electrons. The van der Waals surface area contributed by atoms with Crippen LogP contribution in [0, 0.1) is 0 Å².